The van der Waals surface area contributed by atoms with Crippen LogP contribution >= 0.6 is 0 Å². The molecule has 1 aromatic rings. The number of rotatable bonds is 5. The summed E-state index contributed by atoms with van der Waals surface area (Å²) < 4.78 is 11.4. The fourth-order valence-corrected chi connectivity index (χ4v) is 3.69. The van der Waals surface area contributed by atoms with Gasteiger partial charge in [-0.25, -0.2) is 0 Å². The minimum atomic E-state index is -0.255. The van der Waals surface area contributed by atoms with E-state index in [9.17, 15) is 5.11 Å². The Morgan fingerprint density at radius 1 is 1.35 bits per heavy atom. The smallest absolute Gasteiger partial charge is 0.137 e. The van der Waals surface area contributed by atoms with Crippen molar-refractivity contribution in [2.45, 2.75) is 31.4 Å². The highest BCUT2D eigenvalue weighted by Crippen LogP contribution is 2.29. The van der Waals surface area contributed by atoms with Gasteiger partial charge < -0.3 is 14.6 Å². The van der Waals surface area contributed by atoms with Crippen LogP contribution in [0, 0.1) is 17.2 Å². The molecule has 124 valence electrons. The first-order chi connectivity index (χ1) is 11.3. The summed E-state index contributed by atoms with van der Waals surface area (Å²) in [6, 6.07) is 9.85. The van der Waals surface area contributed by atoms with Gasteiger partial charge in [-0.15, -0.1) is 0 Å². The first-order valence-corrected chi connectivity index (χ1v) is 8.41. The highest BCUT2D eigenvalue weighted by molar-refractivity contribution is 5.42. The molecule has 2 heterocycles. The second-order valence-electron chi connectivity index (χ2n) is 6.30. The van der Waals surface area contributed by atoms with Crippen molar-refractivity contribution < 1.29 is 14.6 Å². The third kappa shape index (κ3) is 3.84. The molecule has 0 radical (unpaired) electrons. The standard InChI is InChI=1S/C18H24N2O3/c19-12-14-4-1-2-6-18(14)23-11-9-20-8-3-5-16(20)15-13-22-10-7-17(15)21/h1-2,4,6,15-17,21H,3,5,7-11,13H2/t15-,16-,17+/m1/s1. The van der Waals surface area contributed by atoms with E-state index < -0.39 is 0 Å². The van der Waals surface area contributed by atoms with Crippen LogP contribution in [0.2, 0.25) is 0 Å². The van der Waals surface area contributed by atoms with Crippen LogP contribution in [0.15, 0.2) is 24.3 Å². The molecule has 0 aliphatic carbocycles. The highest BCUT2D eigenvalue weighted by Gasteiger charge is 2.37. The van der Waals surface area contributed by atoms with Crippen molar-refractivity contribution >= 4 is 0 Å². The second-order valence-corrected chi connectivity index (χ2v) is 6.30. The largest absolute Gasteiger partial charge is 0.491 e. The van der Waals surface area contributed by atoms with E-state index in [-0.39, 0.29) is 12.0 Å². The van der Waals surface area contributed by atoms with Crippen LogP contribution in [0.25, 0.3) is 0 Å². The zero-order chi connectivity index (χ0) is 16.1. The van der Waals surface area contributed by atoms with E-state index in [0.717, 1.165) is 32.4 Å². The molecule has 1 N–H and O–H groups in total. The van der Waals surface area contributed by atoms with E-state index >= 15 is 0 Å². The average molecular weight is 316 g/mol. The zero-order valence-corrected chi connectivity index (χ0v) is 13.4. The molecule has 0 saturated carbocycles. The molecular weight excluding hydrogens is 292 g/mol. The summed E-state index contributed by atoms with van der Waals surface area (Å²) in [6.07, 6.45) is 2.75. The van der Waals surface area contributed by atoms with E-state index in [1.807, 2.05) is 18.2 Å². The van der Waals surface area contributed by atoms with Gasteiger partial charge >= 0.3 is 0 Å². The van der Waals surface area contributed by atoms with Crippen LogP contribution in [0.5, 0.6) is 5.75 Å². The van der Waals surface area contributed by atoms with Crippen LogP contribution in [0.4, 0.5) is 0 Å². The Hall–Kier alpha value is -1.61. The van der Waals surface area contributed by atoms with E-state index in [1.165, 1.54) is 0 Å². The summed E-state index contributed by atoms with van der Waals surface area (Å²) in [7, 11) is 0. The molecule has 0 spiro atoms. The predicted octanol–water partition coefficient (Wildman–Crippen LogP) is 1.80. The number of ether oxygens (including phenoxy) is 2. The zero-order valence-electron chi connectivity index (χ0n) is 13.4. The predicted molar refractivity (Wildman–Crippen MR) is 86.2 cm³/mol. The third-order valence-corrected chi connectivity index (χ3v) is 4.91. The van der Waals surface area contributed by atoms with E-state index in [1.54, 1.807) is 6.07 Å². The summed E-state index contributed by atoms with van der Waals surface area (Å²) in [5.74, 6) is 0.851. The minimum Gasteiger partial charge on any atom is -0.491 e. The van der Waals surface area contributed by atoms with Crippen LogP contribution in [-0.4, -0.2) is 55.1 Å². The van der Waals surface area contributed by atoms with Gasteiger partial charge in [0.25, 0.3) is 0 Å². The molecule has 2 aliphatic heterocycles. The SMILES string of the molecule is N#Cc1ccccc1OCCN1CCC[C@@H]1[C@H]1COCC[C@@H]1O. The van der Waals surface area contributed by atoms with Crippen LogP contribution in [0.3, 0.4) is 0 Å². The number of hydrogen-bond donors (Lipinski definition) is 1. The van der Waals surface area contributed by atoms with Gasteiger partial charge in [-0.2, -0.15) is 5.26 Å². The first-order valence-electron chi connectivity index (χ1n) is 8.41. The quantitative estimate of drug-likeness (QED) is 0.897. The number of aliphatic hydroxyl groups excluding tert-OH is 1. The molecule has 1 aromatic carbocycles. The number of benzene rings is 1. The summed E-state index contributed by atoms with van der Waals surface area (Å²) >= 11 is 0. The Balaban J connectivity index is 1.54. The topological polar surface area (TPSA) is 65.7 Å². The van der Waals surface area contributed by atoms with Gasteiger partial charge in [0.2, 0.25) is 0 Å². The van der Waals surface area contributed by atoms with Gasteiger partial charge in [-0.3, -0.25) is 4.90 Å². The summed E-state index contributed by atoms with van der Waals surface area (Å²) in [6.45, 7) is 3.72. The van der Waals surface area contributed by atoms with Crippen molar-refractivity contribution in [3.63, 3.8) is 0 Å². The third-order valence-electron chi connectivity index (χ3n) is 4.91. The van der Waals surface area contributed by atoms with E-state index in [4.69, 9.17) is 14.7 Å². The molecule has 5 heteroatoms. The van der Waals surface area contributed by atoms with Crippen LogP contribution in [-0.2, 0) is 4.74 Å². The summed E-state index contributed by atoms with van der Waals surface area (Å²) in [4.78, 5) is 2.40. The van der Waals surface area contributed by atoms with Crippen molar-refractivity contribution in [3.05, 3.63) is 29.8 Å². The lowest BCUT2D eigenvalue weighted by Gasteiger charge is -2.37. The van der Waals surface area contributed by atoms with E-state index in [2.05, 4.69) is 11.0 Å². The molecule has 0 amide bonds. The average Bonchev–Trinajstić information content (AvgIpc) is 3.04. The Morgan fingerprint density at radius 2 is 2.22 bits per heavy atom. The number of likely N-dealkylation sites (tertiary alicyclic amines) is 1. The lowest BCUT2D eigenvalue weighted by molar-refractivity contribution is -0.0634. The van der Waals surface area contributed by atoms with Crippen molar-refractivity contribution in [1.29, 1.82) is 5.26 Å². The molecule has 5 nitrogen and oxygen atoms in total. The fourth-order valence-electron chi connectivity index (χ4n) is 3.69. The minimum absolute atomic E-state index is 0.206. The van der Waals surface area contributed by atoms with Gasteiger partial charge in [0.15, 0.2) is 0 Å². The normalized spacial score (nSPS) is 28.4. The fraction of sp³-hybridized carbons (Fsp3) is 0.611. The van der Waals surface area contributed by atoms with Gasteiger partial charge in [0.05, 0.1) is 18.3 Å². The van der Waals surface area contributed by atoms with E-state index in [0.29, 0.717) is 37.2 Å². The van der Waals surface area contributed by atoms with Gasteiger partial charge in [0, 0.05) is 25.1 Å². The monoisotopic (exact) mass is 316 g/mol. The molecule has 2 fully saturated rings. The molecule has 0 aromatic heterocycles. The number of hydrogen-bond acceptors (Lipinski definition) is 5. The molecule has 0 unspecified atom stereocenters. The molecule has 2 saturated heterocycles. The van der Waals surface area contributed by atoms with Crippen molar-refractivity contribution in [2.75, 3.05) is 32.9 Å². The van der Waals surface area contributed by atoms with Crippen molar-refractivity contribution in [1.82, 2.24) is 4.90 Å². The Labute approximate surface area is 137 Å². The maximum Gasteiger partial charge on any atom is 0.137 e. The maximum absolute atomic E-state index is 10.2. The summed E-state index contributed by atoms with van der Waals surface area (Å²) in [5, 5.41) is 19.3. The molecular formula is C18H24N2O3. The number of nitrogens with zero attached hydrogens (tertiary/aromatic N) is 2. The van der Waals surface area contributed by atoms with Crippen molar-refractivity contribution in [2.24, 2.45) is 5.92 Å². The molecule has 23 heavy (non-hydrogen) atoms. The molecule has 3 atom stereocenters. The molecule has 3 rings (SSSR count). The molecule has 2 aliphatic rings. The van der Waals surface area contributed by atoms with Crippen LogP contribution in [0.1, 0.15) is 24.8 Å². The number of nitriles is 1. The first kappa shape index (κ1) is 16.3. The Morgan fingerprint density at radius 3 is 3.04 bits per heavy atom. The van der Waals surface area contributed by atoms with Crippen molar-refractivity contribution in [3.8, 4) is 11.8 Å². The Kier molecular flexibility index (Phi) is 5.50. The maximum atomic E-state index is 10.2. The Bertz CT molecular complexity index is 557. The van der Waals surface area contributed by atoms with Gasteiger partial charge in [-0.1, -0.05) is 12.1 Å². The van der Waals surface area contributed by atoms with Gasteiger partial charge in [0.1, 0.15) is 18.4 Å². The lowest BCUT2D eigenvalue weighted by atomic mass is 9.89. The number of aliphatic hydroxyl groups is 1. The number of para-hydroxylation sites is 1. The second kappa shape index (κ2) is 7.78. The summed E-state index contributed by atoms with van der Waals surface area (Å²) in [5.41, 5.74) is 0.571. The molecule has 0 bridgehead atoms. The lowest BCUT2D eigenvalue weighted by Crippen LogP contribution is -2.47. The highest BCUT2D eigenvalue weighted by atomic mass is 16.5. The van der Waals surface area contributed by atoms with Crippen LogP contribution < -0.4 is 4.74 Å². The van der Waals surface area contributed by atoms with Gasteiger partial charge in [-0.05, 0) is 37.9 Å².